The maximum atomic E-state index is 13.4. The molecule has 0 saturated carbocycles. The predicted molar refractivity (Wildman–Crippen MR) is 120 cm³/mol. The Morgan fingerprint density at radius 1 is 1.17 bits per heavy atom. The summed E-state index contributed by atoms with van der Waals surface area (Å²) in [5.41, 5.74) is 1.40. The minimum absolute atomic E-state index is 0.111. The Morgan fingerprint density at radius 3 is 2.60 bits per heavy atom. The molecular weight excluding hydrogens is 470 g/mol. The largest absolute Gasteiger partial charge is 0.450 e. The van der Waals surface area contributed by atoms with Crippen LogP contribution in [0.2, 0.25) is 5.02 Å². The van der Waals surface area contributed by atoms with Crippen LogP contribution in [0.5, 0.6) is 0 Å². The average molecular weight is 491 g/mol. The summed E-state index contributed by atoms with van der Waals surface area (Å²) in [6.07, 6.45) is 0.775. The first-order chi connectivity index (χ1) is 14.4. The molecule has 30 heavy (non-hydrogen) atoms. The highest BCUT2D eigenvalue weighted by Gasteiger charge is 2.42. The van der Waals surface area contributed by atoms with Crippen molar-refractivity contribution in [3.63, 3.8) is 0 Å². The number of carbonyl (C=O) groups excluding carboxylic acids is 1. The highest BCUT2D eigenvalue weighted by Crippen LogP contribution is 2.38. The summed E-state index contributed by atoms with van der Waals surface area (Å²) in [5, 5.41) is 1.04. The SMILES string of the molecule is CC(C)OCCCN1C(=O)c2oc3ccc(Br)cc3c(=O)c2C1c1ccc(Cl)cc1. The fourth-order valence-corrected chi connectivity index (χ4v) is 4.26. The Morgan fingerprint density at radius 2 is 1.90 bits per heavy atom. The minimum Gasteiger partial charge on any atom is -0.450 e. The lowest BCUT2D eigenvalue weighted by Gasteiger charge is -2.25. The molecule has 1 aliphatic heterocycles. The highest BCUT2D eigenvalue weighted by atomic mass is 79.9. The zero-order valence-corrected chi connectivity index (χ0v) is 19.0. The molecule has 1 atom stereocenters. The lowest BCUT2D eigenvalue weighted by atomic mass is 9.98. The third-order valence-electron chi connectivity index (χ3n) is 5.11. The second kappa shape index (κ2) is 8.53. The van der Waals surface area contributed by atoms with Crippen molar-refractivity contribution in [2.24, 2.45) is 0 Å². The molecule has 1 aromatic heterocycles. The molecule has 0 N–H and O–H groups in total. The maximum absolute atomic E-state index is 13.4. The highest BCUT2D eigenvalue weighted by molar-refractivity contribution is 9.10. The number of hydrogen-bond donors (Lipinski definition) is 0. The van der Waals surface area contributed by atoms with Crippen LogP contribution in [0, 0.1) is 0 Å². The van der Waals surface area contributed by atoms with Crippen LogP contribution in [0.25, 0.3) is 11.0 Å². The quantitative estimate of drug-likeness (QED) is 0.424. The van der Waals surface area contributed by atoms with E-state index in [0.29, 0.717) is 41.1 Å². The summed E-state index contributed by atoms with van der Waals surface area (Å²) in [4.78, 5) is 28.4. The van der Waals surface area contributed by atoms with Crippen LogP contribution in [-0.4, -0.2) is 30.1 Å². The summed E-state index contributed by atoms with van der Waals surface area (Å²) < 4.78 is 12.3. The van der Waals surface area contributed by atoms with Crippen LogP contribution in [0.1, 0.15) is 48.0 Å². The number of amides is 1. The first-order valence-corrected chi connectivity index (χ1v) is 11.0. The lowest BCUT2D eigenvalue weighted by Crippen LogP contribution is -2.31. The van der Waals surface area contributed by atoms with Crippen molar-refractivity contribution in [3.8, 4) is 0 Å². The van der Waals surface area contributed by atoms with Crippen molar-refractivity contribution in [1.82, 2.24) is 4.90 Å². The van der Waals surface area contributed by atoms with Crippen LogP contribution in [0.4, 0.5) is 0 Å². The average Bonchev–Trinajstić information content (AvgIpc) is 2.99. The number of benzene rings is 2. The molecule has 0 radical (unpaired) electrons. The third-order valence-corrected chi connectivity index (χ3v) is 5.85. The van der Waals surface area contributed by atoms with E-state index >= 15 is 0 Å². The van der Waals surface area contributed by atoms with Gasteiger partial charge in [-0.15, -0.1) is 0 Å². The van der Waals surface area contributed by atoms with Gasteiger partial charge in [-0.2, -0.15) is 0 Å². The van der Waals surface area contributed by atoms with Gasteiger partial charge in [0.2, 0.25) is 5.76 Å². The van der Waals surface area contributed by atoms with E-state index in [9.17, 15) is 9.59 Å². The second-order valence-corrected chi connectivity index (χ2v) is 8.89. The monoisotopic (exact) mass is 489 g/mol. The summed E-state index contributed by atoms with van der Waals surface area (Å²) in [7, 11) is 0. The molecular formula is C23H21BrClNO4. The van der Waals surface area contributed by atoms with Crippen molar-refractivity contribution in [2.75, 3.05) is 13.2 Å². The smallest absolute Gasteiger partial charge is 0.290 e. The molecule has 0 spiro atoms. The third kappa shape index (κ3) is 3.92. The second-order valence-electron chi connectivity index (χ2n) is 7.54. The van der Waals surface area contributed by atoms with Gasteiger partial charge in [-0.3, -0.25) is 9.59 Å². The van der Waals surface area contributed by atoms with Gasteiger partial charge in [0.1, 0.15) is 5.58 Å². The van der Waals surface area contributed by atoms with E-state index in [4.69, 9.17) is 20.8 Å². The van der Waals surface area contributed by atoms with Crippen LogP contribution in [-0.2, 0) is 4.74 Å². The molecule has 3 aromatic rings. The first-order valence-electron chi connectivity index (χ1n) is 9.81. The van der Waals surface area contributed by atoms with E-state index in [1.54, 1.807) is 35.2 Å². The van der Waals surface area contributed by atoms with Gasteiger partial charge in [0, 0.05) is 22.6 Å². The van der Waals surface area contributed by atoms with E-state index < -0.39 is 6.04 Å². The normalized spacial score (nSPS) is 16.0. The molecule has 0 aliphatic carbocycles. The van der Waals surface area contributed by atoms with Gasteiger partial charge in [-0.1, -0.05) is 39.7 Å². The van der Waals surface area contributed by atoms with Gasteiger partial charge in [-0.25, -0.2) is 0 Å². The Labute approximate surface area is 187 Å². The molecule has 0 bridgehead atoms. The summed E-state index contributed by atoms with van der Waals surface area (Å²) in [6, 6.07) is 11.9. The lowest BCUT2D eigenvalue weighted by molar-refractivity contribution is 0.0593. The van der Waals surface area contributed by atoms with E-state index in [1.807, 2.05) is 26.0 Å². The number of rotatable bonds is 6. The van der Waals surface area contributed by atoms with Gasteiger partial charge in [0.05, 0.1) is 23.1 Å². The predicted octanol–water partition coefficient (Wildman–Crippen LogP) is 5.57. The van der Waals surface area contributed by atoms with Crippen LogP contribution in [0.3, 0.4) is 0 Å². The fourth-order valence-electron chi connectivity index (χ4n) is 3.77. The maximum Gasteiger partial charge on any atom is 0.290 e. The van der Waals surface area contributed by atoms with Crippen molar-refractivity contribution in [2.45, 2.75) is 32.4 Å². The number of ether oxygens (including phenoxy) is 1. The molecule has 2 heterocycles. The molecule has 1 amide bonds. The van der Waals surface area contributed by atoms with Gasteiger partial charge in [-0.05, 0) is 56.2 Å². The molecule has 1 aliphatic rings. The van der Waals surface area contributed by atoms with Crippen molar-refractivity contribution in [1.29, 1.82) is 0 Å². The molecule has 5 nitrogen and oxygen atoms in total. The van der Waals surface area contributed by atoms with Crippen molar-refractivity contribution >= 4 is 44.4 Å². The van der Waals surface area contributed by atoms with Crippen molar-refractivity contribution in [3.05, 3.63) is 79.1 Å². The summed E-state index contributed by atoms with van der Waals surface area (Å²) in [5.74, 6) is -0.170. The van der Waals surface area contributed by atoms with E-state index in [-0.39, 0.29) is 23.2 Å². The Kier molecular flexibility index (Phi) is 6.00. The van der Waals surface area contributed by atoms with Crippen LogP contribution >= 0.6 is 27.5 Å². The minimum atomic E-state index is -0.525. The van der Waals surface area contributed by atoms with E-state index in [1.165, 1.54) is 0 Å². The first kappa shape index (κ1) is 21.1. The van der Waals surface area contributed by atoms with Gasteiger partial charge < -0.3 is 14.1 Å². The zero-order valence-electron chi connectivity index (χ0n) is 16.7. The molecule has 0 fully saturated rings. The number of hydrogen-bond acceptors (Lipinski definition) is 4. The van der Waals surface area contributed by atoms with Gasteiger partial charge in [0.15, 0.2) is 5.43 Å². The number of fused-ring (bicyclic) bond motifs is 2. The Hall–Kier alpha value is -2.15. The van der Waals surface area contributed by atoms with Crippen molar-refractivity contribution < 1.29 is 13.9 Å². The van der Waals surface area contributed by atoms with Gasteiger partial charge in [0.25, 0.3) is 5.91 Å². The molecule has 2 aromatic carbocycles. The topological polar surface area (TPSA) is 59.8 Å². The molecule has 4 rings (SSSR count). The fraction of sp³-hybridized carbons (Fsp3) is 0.304. The van der Waals surface area contributed by atoms with Crippen LogP contribution in [0.15, 0.2) is 56.1 Å². The molecule has 1 unspecified atom stereocenters. The Balaban J connectivity index is 1.81. The molecule has 0 saturated heterocycles. The summed E-state index contributed by atoms with van der Waals surface area (Å²) in [6.45, 7) is 4.92. The zero-order chi connectivity index (χ0) is 21.4. The van der Waals surface area contributed by atoms with E-state index in [2.05, 4.69) is 15.9 Å². The molecule has 156 valence electrons. The van der Waals surface area contributed by atoms with E-state index in [0.717, 1.165) is 10.0 Å². The number of halogens is 2. The van der Waals surface area contributed by atoms with Gasteiger partial charge >= 0.3 is 0 Å². The Bertz CT molecular complexity index is 1160. The summed E-state index contributed by atoms with van der Waals surface area (Å²) >= 11 is 9.47. The number of carbonyl (C=O) groups is 1. The standard InChI is InChI=1S/C23H21BrClNO4/c1-13(2)29-11-3-10-26-20(14-4-7-16(25)8-5-14)19-21(27)17-12-15(24)6-9-18(17)30-22(19)23(26)28/h4-9,12-13,20H,3,10-11H2,1-2H3. The number of nitrogens with zero attached hydrogens (tertiary/aromatic N) is 1. The van der Waals surface area contributed by atoms with Crippen LogP contribution < -0.4 is 5.43 Å². The molecule has 7 heteroatoms.